The molecule has 5 heteroatoms. The minimum atomic E-state index is -0.989. The molecule has 0 saturated heterocycles. The van der Waals surface area contributed by atoms with E-state index in [1.54, 1.807) is 11.8 Å². The molecule has 0 aromatic heterocycles. The number of carbonyl (C=O) groups is 1. The average molecular weight is 253 g/mol. The molecule has 2 rings (SSSR count). The molecule has 2 atom stereocenters. The van der Waals surface area contributed by atoms with E-state index in [9.17, 15) is 4.79 Å². The van der Waals surface area contributed by atoms with Crippen LogP contribution in [-0.4, -0.2) is 34.7 Å². The van der Waals surface area contributed by atoms with E-state index < -0.39 is 6.09 Å². The van der Waals surface area contributed by atoms with Crippen molar-refractivity contribution in [2.24, 2.45) is 0 Å². The summed E-state index contributed by atoms with van der Waals surface area (Å²) in [6.07, 6.45) is -0.261. The van der Waals surface area contributed by atoms with Crippen LogP contribution in [-0.2, 0) is 6.42 Å². The van der Waals surface area contributed by atoms with Crippen molar-refractivity contribution in [1.29, 1.82) is 0 Å². The van der Waals surface area contributed by atoms with Gasteiger partial charge >= 0.3 is 6.09 Å². The van der Waals surface area contributed by atoms with E-state index in [1.165, 1.54) is 11.1 Å². The zero-order valence-electron chi connectivity index (χ0n) is 9.30. The maximum Gasteiger partial charge on any atom is 0.404 e. The molecule has 17 heavy (non-hydrogen) atoms. The summed E-state index contributed by atoms with van der Waals surface area (Å²) in [4.78, 5) is 10.8. The number of thioether (sulfide) groups is 1. The maximum absolute atomic E-state index is 10.8. The predicted molar refractivity (Wildman–Crippen MR) is 67.4 cm³/mol. The number of benzene rings is 1. The second-order valence-electron chi connectivity index (χ2n) is 3.97. The lowest BCUT2D eigenvalue weighted by Gasteiger charge is -2.19. The molecule has 0 fully saturated rings. The number of rotatable bonds is 4. The molecule has 0 radical (unpaired) electrons. The molecule has 1 aliphatic rings. The summed E-state index contributed by atoms with van der Waals surface area (Å²) in [6, 6.07) is 7.91. The largest absolute Gasteiger partial charge is 0.465 e. The Morgan fingerprint density at radius 1 is 1.47 bits per heavy atom. The molecular formula is C12H15NO3S. The Bertz CT molecular complexity index is 410. The van der Waals surface area contributed by atoms with Crippen LogP contribution >= 0.6 is 11.8 Å². The van der Waals surface area contributed by atoms with Gasteiger partial charge in [0.2, 0.25) is 0 Å². The highest BCUT2D eigenvalue weighted by Crippen LogP contribution is 2.41. The van der Waals surface area contributed by atoms with Gasteiger partial charge in [-0.25, -0.2) is 4.79 Å². The highest BCUT2D eigenvalue weighted by molar-refractivity contribution is 7.99. The Kier molecular flexibility index (Phi) is 3.91. The van der Waals surface area contributed by atoms with Crippen LogP contribution in [0.4, 0.5) is 4.79 Å². The van der Waals surface area contributed by atoms with Gasteiger partial charge in [0.25, 0.3) is 0 Å². The van der Waals surface area contributed by atoms with Crippen molar-refractivity contribution in [3.63, 3.8) is 0 Å². The molecule has 0 unspecified atom stereocenters. The summed E-state index contributed by atoms with van der Waals surface area (Å²) in [5, 5.41) is 20.4. The summed E-state index contributed by atoms with van der Waals surface area (Å²) >= 11 is 1.60. The second-order valence-corrected chi connectivity index (χ2v) is 5.22. The van der Waals surface area contributed by atoms with E-state index in [2.05, 4.69) is 5.32 Å². The Morgan fingerprint density at radius 3 is 2.94 bits per heavy atom. The number of aliphatic hydroxyl groups is 1. The number of nitrogens with one attached hydrogen (secondary N) is 1. The van der Waals surface area contributed by atoms with Crippen molar-refractivity contribution in [2.75, 3.05) is 12.4 Å². The molecule has 0 spiro atoms. The van der Waals surface area contributed by atoms with Gasteiger partial charge in [-0.15, -0.1) is 11.8 Å². The van der Waals surface area contributed by atoms with Crippen molar-refractivity contribution < 1.29 is 15.0 Å². The molecule has 4 nitrogen and oxygen atoms in total. The van der Waals surface area contributed by atoms with Gasteiger partial charge in [-0.2, -0.15) is 0 Å². The molecule has 0 saturated carbocycles. The first-order valence-electron chi connectivity index (χ1n) is 5.52. The molecule has 1 aromatic rings. The summed E-state index contributed by atoms with van der Waals surface area (Å²) in [5.74, 6) is 0.622. The van der Waals surface area contributed by atoms with Crippen LogP contribution in [0, 0.1) is 0 Å². The fourth-order valence-corrected chi connectivity index (χ4v) is 3.39. The summed E-state index contributed by atoms with van der Waals surface area (Å²) in [5.41, 5.74) is 2.38. The van der Waals surface area contributed by atoms with Crippen LogP contribution in [0.2, 0.25) is 0 Å². The van der Waals surface area contributed by atoms with Crippen molar-refractivity contribution in [1.82, 2.24) is 5.32 Å². The number of aliphatic hydroxyl groups excluding tert-OH is 1. The van der Waals surface area contributed by atoms with Gasteiger partial charge in [0.1, 0.15) is 0 Å². The van der Waals surface area contributed by atoms with Crippen molar-refractivity contribution in [2.45, 2.75) is 17.7 Å². The quantitative estimate of drug-likeness (QED) is 0.763. The van der Waals surface area contributed by atoms with Crippen molar-refractivity contribution >= 4 is 17.9 Å². The summed E-state index contributed by atoms with van der Waals surface area (Å²) in [6.45, 7) is 0.114. The van der Waals surface area contributed by atoms with Gasteiger partial charge in [-0.3, -0.25) is 0 Å². The minimum Gasteiger partial charge on any atom is -0.465 e. The molecule has 1 amide bonds. The zero-order chi connectivity index (χ0) is 12.3. The minimum absolute atomic E-state index is 0.0959. The molecule has 0 aliphatic heterocycles. The lowest BCUT2D eigenvalue weighted by atomic mass is 10.1. The Labute approximate surface area is 104 Å². The van der Waals surface area contributed by atoms with Gasteiger partial charge < -0.3 is 15.5 Å². The standard InChI is InChI=1S/C12H15NO3S/c14-5-6-17-11-9-4-2-1-3-8(9)7-10(11)13-12(15)16/h1-4,10-11,13-14H,5-7H2,(H,15,16)/t10-,11-/m1/s1. The first-order chi connectivity index (χ1) is 8.22. The third kappa shape index (κ3) is 2.73. The van der Waals surface area contributed by atoms with Crippen LogP contribution < -0.4 is 5.32 Å². The van der Waals surface area contributed by atoms with E-state index in [1.807, 2.05) is 24.3 Å². The van der Waals surface area contributed by atoms with Gasteiger partial charge in [0.05, 0.1) is 17.9 Å². The van der Waals surface area contributed by atoms with Gasteiger partial charge in [-0.05, 0) is 17.5 Å². The number of hydrogen-bond acceptors (Lipinski definition) is 3. The lowest BCUT2D eigenvalue weighted by molar-refractivity contribution is 0.190. The monoisotopic (exact) mass is 253 g/mol. The summed E-state index contributed by atoms with van der Waals surface area (Å²) < 4.78 is 0. The topological polar surface area (TPSA) is 69.6 Å². The Balaban J connectivity index is 2.17. The zero-order valence-corrected chi connectivity index (χ0v) is 10.1. The normalized spacial score (nSPS) is 22.2. The molecule has 1 aromatic carbocycles. The van der Waals surface area contributed by atoms with Crippen molar-refractivity contribution in [3.8, 4) is 0 Å². The maximum atomic E-state index is 10.8. The van der Waals surface area contributed by atoms with Crippen LogP contribution in [0.1, 0.15) is 16.4 Å². The van der Waals surface area contributed by atoms with E-state index in [-0.39, 0.29) is 17.9 Å². The highest BCUT2D eigenvalue weighted by Gasteiger charge is 2.33. The van der Waals surface area contributed by atoms with E-state index in [0.717, 1.165) is 6.42 Å². The first kappa shape index (κ1) is 12.3. The third-order valence-electron chi connectivity index (χ3n) is 2.86. The average Bonchev–Trinajstić information content (AvgIpc) is 2.63. The predicted octanol–water partition coefficient (Wildman–Crippen LogP) is 1.65. The number of amides is 1. The third-order valence-corrected chi connectivity index (χ3v) is 4.22. The van der Waals surface area contributed by atoms with Crippen LogP contribution in [0.5, 0.6) is 0 Å². The summed E-state index contributed by atoms with van der Waals surface area (Å²) in [7, 11) is 0. The second kappa shape index (κ2) is 5.42. The molecule has 92 valence electrons. The SMILES string of the molecule is O=C(O)N[C@@H]1Cc2ccccc2[C@H]1SCCO. The fourth-order valence-electron chi connectivity index (χ4n) is 2.23. The molecule has 1 aliphatic carbocycles. The lowest BCUT2D eigenvalue weighted by Crippen LogP contribution is -2.36. The fraction of sp³-hybridized carbons (Fsp3) is 0.417. The Hall–Kier alpha value is -1.20. The smallest absolute Gasteiger partial charge is 0.404 e. The molecular weight excluding hydrogens is 238 g/mol. The van der Waals surface area contributed by atoms with E-state index in [0.29, 0.717) is 5.75 Å². The van der Waals surface area contributed by atoms with Gasteiger partial charge in [-0.1, -0.05) is 24.3 Å². The number of hydrogen-bond donors (Lipinski definition) is 3. The highest BCUT2D eigenvalue weighted by atomic mass is 32.2. The number of carboxylic acid groups (broad SMARTS) is 1. The van der Waals surface area contributed by atoms with Gasteiger partial charge in [0, 0.05) is 5.75 Å². The van der Waals surface area contributed by atoms with Gasteiger partial charge in [0.15, 0.2) is 0 Å². The van der Waals surface area contributed by atoms with Crippen LogP contribution in [0.25, 0.3) is 0 Å². The van der Waals surface area contributed by atoms with Crippen LogP contribution in [0.3, 0.4) is 0 Å². The molecule has 3 N–H and O–H groups in total. The Morgan fingerprint density at radius 2 is 2.24 bits per heavy atom. The number of fused-ring (bicyclic) bond motifs is 1. The first-order valence-corrected chi connectivity index (χ1v) is 6.57. The van der Waals surface area contributed by atoms with E-state index >= 15 is 0 Å². The van der Waals surface area contributed by atoms with Crippen molar-refractivity contribution in [3.05, 3.63) is 35.4 Å². The van der Waals surface area contributed by atoms with Crippen LogP contribution in [0.15, 0.2) is 24.3 Å². The molecule has 0 heterocycles. The van der Waals surface area contributed by atoms with E-state index in [4.69, 9.17) is 10.2 Å². The molecule has 0 bridgehead atoms.